The van der Waals surface area contributed by atoms with Crippen molar-refractivity contribution in [2.45, 2.75) is 328 Å². The summed E-state index contributed by atoms with van der Waals surface area (Å²) >= 11 is 0. The minimum absolute atomic E-state index is 0.00351. The molecule has 394 valence electrons. The van der Waals surface area contributed by atoms with Crippen molar-refractivity contribution in [1.29, 1.82) is 0 Å². The number of aliphatic hydroxyl groups excluding tert-OH is 2. The van der Waals surface area contributed by atoms with Crippen LogP contribution in [0, 0.1) is 0 Å². The number of carbonyl (C=O) groups excluding carboxylic acids is 2. The lowest BCUT2D eigenvalue weighted by atomic mass is 10.0. The van der Waals surface area contributed by atoms with E-state index in [0.717, 1.165) is 57.8 Å². The van der Waals surface area contributed by atoms with Gasteiger partial charge in [-0.1, -0.05) is 256 Å². The topological polar surface area (TPSA) is 95.9 Å². The highest BCUT2D eigenvalue weighted by Gasteiger charge is 2.20. The summed E-state index contributed by atoms with van der Waals surface area (Å²) in [6, 6.07) is -0.548. The molecule has 0 heterocycles. The third-order valence-electron chi connectivity index (χ3n) is 13.7. The van der Waals surface area contributed by atoms with Crippen molar-refractivity contribution in [1.82, 2.24) is 5.32 Å². The first-order valence-electron chi connectivity index (χ1n) is 29.7. The first-order chi connectivity index (χ1) is 33.0. The fraction of sp³-hybridized carbons (Fsp3) is 0.869. The van der Waals surface area contributed by atoms with Gasteiger partial charge in [0, 0.05) is 12.8 Å². The van der Waals surface area contributed by atoms with Crippen LogP contribution in [0.4, 0.5) is 0 Å². The molecule has 0 saturated heterocycles. The Morgan fingerprint density at radius 2 is 0.746 bits per heavy atom. The normalized spacial score (nSPS) is 12.8. The molecule has 67 heavy (non-hydrogen) atoms. The smallest absolute Gasteiger partial charge is 0.305 e. The molecule has 0 aliphatic carbocycles. The summed E-state index contributed by atoms with van der Waals surface area (Å²) in [5, 5.41) is 23.1. The van der Waals surface area contributed by atoms with E-state index in [-0.39, 0.29) is 18.5 Å². The lowest BCUT2D eigenvalue weighted by Crippen LogP contribution is -2.45. The molecule has 0 rings (SSSR count). The number of esters is 1. The number of nitrogens with one attached hydrogen (secondary N) is 1. The molecule has 0 radical (unpaired) electrons. The van der Waals surface area contributed by atoms with Gasteiger partial charge in [0.05, 0.1) is 25.4 Å². The predicted octanol–water partition coefficient (Wildman–Crippen LogP) is 18.4. The molecule has 0 aliphatic rings. The Morgan fingerprint density at radius 1 is 0.418 bits per heavy atom. The summed E-state index contributed by atoms with van der Waals surface area (Å²) < 4.78 is 5.48. The highest BCUT2D eigenvalue weighted by Crippen LogP contribution is 2.16. The Hall–Kier alpha value is -1.92. The molecular formula is C61H115NO5. The van der Waals surface area contributed by atoms with Gasteiger partial charge in [-0.05, 0) is 83.5 Å². The average Bonchev–Trinajstić information content (AvgIpc) is 3.33. The summed E-state index contributed by atoms with van der Waals surface area (Å²) in [6.07, 6.45) is 70.1. The quantitative estimate of drug-likeness (QED) is 0.0321. The standard InChI is InChI=1S/C61H115NO5/c1-3-5-7-9-11-13-15-16-17-25-29-32-35-39-43-47-51-55-61(66)67-56-52-48-44-40-36-33-30-27-24-22-20-18-19-21-23-26-28-31-34-38-42-46-50-54-60(65)62-58(57-63)59(64)53-49-45-41-37-14-12-10-8-6-4-2/h16-18,20-21,23,58-59,63-64H,3-15,19,22,24-57H2,1-2H3,(H,62,65)/b17-16-,20-18-,23-21-. The second kappa shape index (κ2) is 56.7. The minimum Gasteiger partial charge on any atom is -0.466 e. The highest BCUT2D eigenvalue weighted by atomic mass is 16.5. The van der Waals surface area contributed by atoms with E-state index in [1.165, 1.54) is 225 Å². The SMILES string of the molecule is CCCCCCCC/C=C\CCCCCCCCCC(=O)OCCCCCCCCCCC/C=C\C/C=C\CCCCCCCCCC(=O)NC(CO)C(O)CCCCCCCCCCCC. The van der Waals surface area contributed by atoms with Crippen molar-refractivity contribution in [2.24, 2.45) is 0 Å². The number of amides is 1. The molecule has 2 atom stereocenters. The molecule has 6 nitrogen and oxygen atoms in total. The molecule has 0 aromatic rings. The van der Waals surface area contributed by atoms with Crippen LogP contribution >= 0.6 is 0 Å². The molecule has 3 N–H and O–H groups in total. The van der Waals surface area contributed by atoms with Gasteiger partial charge in [0.15, 0.2) is 0 Å². The number of hydrogen-bond donors (Lipinski definition) is 3. The van der Waals surface area contributed by atoms with E-state index in [0.29, 0.717) is 25.9 Å². The zero-order chi connectivity index (χ0) is 48.6. The van der Waals surface area contributed by atoms with Crippen molar-refractivity contribution < 1.29 is 24.5 Å². The maximum atomic E-state index is 12.4. The number of rotatable bonds is 55. The van der Waals surface area contributed by atoms with E-state index in [1.807, 2.05) is 0 Å². The lowest BCUT2D eigenvalue weighted by Gasteiger charge is -2.22. The van der Waals surface area contributed by atoms with Gasteiger partial charge in [-0.2, -0.15) is 0 Å². The van der Waals surface area contributed by atoms with Crippen LogP contribution in [0.3, 0.4) is 0 Å². The van der Waals surface area contributed by atoms with Crippen molar-refractivity contribution in [3.63, 3.8) is 0 Å². The Bertz CT molecular complexity index is 1090. The molecule has 0 spiro atoms. The number of allylic oxidation sites excluding steroid dienone is 6. The Labute approximate surface area is 417 Å². The summed E-state index contributed by atoms with van der Waals surface area (Å²) in [7, 11) is 0. The molecule has 0 bridgehead atoms. The van der Waals surface area contributed by atoms with Gasteiger partial charge in [-0.3, -0.25) is 9.59 Å². The predicted molar refractivity (Wildman–Crippen MR) is 292 cm³/mol. The monoisotopic (exact) mass is 942 g/mol. The van der Waals surface area contributed by atoms with Gasteiger partial charge < -0.3 is 20.3 Å². The minimum atomic E-state index is -0.669. The van der Waals surface area contributed by atoms with E-state index >= 15 is 0 Å². The van der Waals surface area contributed by atoms with Crippen LogP contribution in [0.1, 0.15) is 316 Å². The number of ether oxygens (including phenoxy) is 1. The van der Waals surface area contributed by atoms with Crippen LogP contribution in [-0.2, 0) is 14.3 Å². The maximum Gasteiger partial charge on any atom is 0.305 e. The molecule has 0 fully saturated rings. The Morgan fingerprint density at radius 3 is 1.15 bits per heavy atom. The molecule has 0 aromatic carbocycles. The number of unbranched alkanes of at least 4 members (excludes halogenated alkanes) is 38. The van der Waals surface area contributed by atoms with E-state index in [1.54, 1.807) is 0 Å². The van der Waals surface area contributed by atoms with Crippen molar-refractivity contribution in [2.75, 3.05) is 13.2 Å². The van der Waals surface area contributed by atoms with Crippen LogP contribution in [0.2, 0.25) is 0 Å². The van der Waals surface area contributed by atoms with Crippen LogP contribution in [0.25, 0.3) is 0 Å². The third-order valence-corrected chi connectivity index (χ3v) is 13.7. The van der Waals surface area contributed by atoms with Crippen LogP contribution < -0.4 is 5.32 Å². The lowest BCUT2D eigenvalue weighted by molar-refractivity contribution is -0.143. The van der Waals surface area contributed by atoms with Gasteiger partial charge >= 0.3 is 5.97 Å². The Kier molecular flexibility index (Phi) is 55.0. The average molecular weight is 943 g/mol. The van der Waals surface area contributed by atoms with Gasteiger partial charge in [-0.25, -0.2) is 0 Å². The summed E-state index contributed by atoms with van der Waals surface area (Å²) in [5.74, 6) is -0.0436. The van der Waals surface area contributed by atoms with Crippen LogP contribution in [0.15, 0.2) is 36.5 Å². The number of carbonyl (C=O) groups is 2. The number of aliphatic hydroxyl groups is 2. The largest absolute Gasteiger partial charge is 0.466 e. The first-order valence-corrected chi connectivity index (χ1v) is 29.7. The van der Waals surface area contributed by atoms with Crippen molar-refractivity contribution in [3.05, 3.63) is 36.5 Å². The fourth-order valence-electron chi connectivity index (χ4n) is 9.08. The molecule has 0 saturated carbocycles. The first kappa shape index (κ1) is 65.1. The Balaban J connectivity index is 3.42. The zero-order valence-corrected chi connectivity index (χ0v) is 44.9. The maximum absolute atomic E-state index is 12.4. The van der Waals surface area contributed by atoms with Crippen molar-refractivity contribution >= 4 is 11.9 Å². The highest BCUT2D eigenvalue weighted by molar-refractivity contribution is 5.76. The molecule has 0 aliphatic heterocycles. The second-order valence-electron chi connectivity index (χ2n) is 20.3. The van der Waals surface area contributed by atoms with E-state index in [2.05, 4.69) is 55.6 Å². The van der Waals surface area contributed by atoms with Gasteiger partial charge in [0.25, 0.3) is 0 Å². The molecule has 0 aromatic heterocycles. The van der Waals surface area contributed by atoms with Gasteiger partial charge in [0.1, 0.15) is 0 Å². The molecular weight excluding hydrogens is 827 g/mol. The van der Waals surface area contributed by atoms with E-state index in [4.69, 9.17) is 4.74 Å². The number of hydrogen-bond acceptors (Lipinski definition) is 5. The molecule has 6 heteroatoms. The summed E-state index contributed by atoms with van der Waals surface area (Å²) in [5.41, 5.74) is 0. The van der Waals surface area contributed by atoms with E-state index in [9.17, 15) is 19.8 Å². The van der Waals surface area contributed by atoms with Crippen molar-refractivity contribution in [3.8, 4) is 0 Å². The summed E-state index contributed by atoms with van der Waals surface area (Å²) in [4.78, 5) is 24.5. The summed E-state index contributed by atoms with van der Waals surface area (Å²) in [6.45, 7) is 4.93. The fourth-order valence-corrected chi connectivity index (χ4v) is 9.08. The molecule has 2 unspecified atom stereocenters. The van der Waals surface area contributed by atoms with Gasteiger partial charge in [0.2, 0.25) is 5.91 Å². The molecule has 1 amide bonds. The third kappa shape index (κ3) is 53.3. The van der Waals surface area contributed by atoms with Crippen LogP contribution in [-0.4, -0.2) is 47.4 Å². The van der Waals surface area contributed by atoms with Gasteiger partial charge in [-0.15, -0.1) is 0 Å². The van der Waals surface area contributed by atoms with E-state index < -0.39 is 12.1 Å². The van der Waals surface area contributed by atoms with Crippen LogP contribution in [0.5, 0.6) is 0 Å². The second-order valence-corrected chi connectivity index (χ2v) is 20.3. The zero-order valence-electron chi connectivity index (χ0n) is 44.9.